The molecule has 6 atom stereocenters. The van der Waals surface area contributed by atoms with Gasteiger partial charge in [0.25, 0.3) is 0 Å². The molecule has 4 heterocycles. The number of halogens is 4. The molecule has 74 heavy (non-hydrogen) atoms. The lowest BCUT2D eigenvalue weighted by Crippen LogP contribution is -2.33. The van der Waals surface area contributed by atoms with E-state index in [0.29, 0.717) is 54.9 Å². The van der Waals surface area contributed by atoms with Crippen molar-refractivity contribution in [1.82, 2.24) is 0 Å². The third-order valence-corrected chi connectivity index (χ3v) is 13.7. The first kappa shape index (κ1) is 62.2. The first-order chi connectivity index (χ1) is 34.7. The molecule has 4 aromatic rings. The molecule has 0 aliphatic carbocycles. The molecular formula is C49H67B4Br2Cl2NO16. The Kier molecular flexibility index (Phi) is 22.9. The lowest BCUT2D eigenvalue weighted by molar-refractivity contribution is 0.0285. The van der Waals surface area contributed by atoms with E-state index in [-0.39, 0.29) is 57.4 Å². The molecule has 0 spiro atoms. The van der Waals surface area contributed by atoms with Crippen molar-refractivity contribution in [2.45, 2.75) is 129 Å². The van der Waals surface area contributed by atoms with Crippen molar-refractivity contribution in [2.24, 2.45) is 5.73 Å². The van der Waals surface area contributed by atoms with Crippen LogP contribution >= 0.6 is 55.1 Å². The number of ether oxygens (including phenoxy) is 4. The SMILES string of the molecule is CC(C)(O)COc1ccc(Br)c2c1B(O)OC2CN.CCC1OB(O)c2c(OCC(C)(C)O)ccc(Cl)c21.CCC1OB(O)c2c(OCC(C)O)ccc(Br)c21.CCC1OB(O)c2c(OCC(C)O)ccc(Cl)c21. The fourth-order valence-corrected chi connectivity index (χ4v) is 10.1. The number of nitrogens with two attached hydrogens (primary N) is 1. The second kappa shape index (κ2) is 27.3. The largest absolute Gasteiger partial charge is 0.495 e. The van der Waals surface area contributed by atoms with Gasteiger partial charge in [-0.1, -0.05) is 75.8 Å². The summed E-state index contributed by atoms with van der Waals surface area (Å²) in [6, 6.07) is 14.0. The molecule has 17 nitrogen and oxygen atoms in total. The van der Waals surface area contributed by atoms with Crippen LogP contribution in [0.5, 0.6) is 23.0 Å². The molecule has 0 amide bonds. The van der Waals surface area contributed by atoms with Crippen molar-refractivity contribution in [3.63, 3.8) is 0 Å². The Morgan fingerprint density at radius 1 is 0.527 bits per heavy atom. The second-order valence-corrected chi connectivity index (χ2v) is 21.9. The summed E-state index contributed by atoms with van der Waals surface area (Å²) in [5.74, 6) is 2.09. The van der Waals surface area contributed by atoms with E-state index < -0.39 is 51.9 Å². The molecule has 25 heteroatoms. The minimum atomic E-state index is -1.06. The molecule has 0 saturated heterocycles. The van der Waals surface area contributed by atoms with Gasteiger partial charge in [-0.25, -0.2) is 0 Å². The van der Waals surface area contributed by atoms with Gasteiger partial charge < -0.3 is 83.8 Å². The van der Waals surface area contributed by atoms with E-state index in [1.54, 1.807) is 77.9 Å². The summed E-state index contributed by atoms with van der Waals surface area (Å²) in [5, 5.41) is 78.9. The van der Waals surface area contributed by atoms with Crippen LogP contribution in [0.15, 0.2) is 57.5 Å². The van der Waals surface area contributed by atoms with Crippen LogP contribution in [0.25, 0.3) is 0 Å². The van der Waals surface area contributed by atoms with Gasteiger partial charge in [-0.15, -0.1) is 0 Å². The van der Waals surface area contributed by atoms with E-state index in [9.17, 15) is 40.5 Å². The quantitative estimate of drug-likeness (QED) is 0.0694. The van der Waals surface area contributed by atoms with Gasteiger partial charge in [0.05, 0.1) is 47.8 Å². The Balaban J connectivity index is 0.000000183. The lowest BCUT2D eigenvalue weighted by atomic mass is 9.78. The number of hydrogen-bond acceptors (Lipinski definition) is 17. The maximum Gasteiger partial charge on any atom is 0.495 e. The van der Waals surface area contributed by atoms with Crippen LogP contribution in [0.4, 0.5) is 0 Å². The van der Waals surface area contributed by atoms with E-state index in [1.165, 1.54) is 0 Å². The minimum absolute atomic E-state index is 0.125. The van der Waals surface area contributed by atoms with Gasteiger partial charge >= 0.3 is 28.5 Å². The van der Waals surface area contributed by atoms with Crippen molar-refractivity contribution in [3.05, 3.63) is 89.8 Å². The Labute approximate surface area is 461 Å². The molecule has 6 unspecified atom stereocenters. The molecule has 404 valence electrons. The van der Waals surface area contributed by atoms with Gasteiger partial charge in [0.15, 0.2) is 0 Å². The summed E-state index contributed by atoms with van der Waals surface area (Å²) in [6.45, 7) is 16.7. The zero-order valence-electron chi connectivity index (χ0n) is 43.0. The third-order valence-electron chi connectivity index (χ3n) is 11.7. The Hall–Kier alpha value is -2.64. The fourth-order valence-electron chi connectivity index (χ4n) is 8.36. The van der Waals surface area contributed by atoms with Crippen LogP contribution in [0.3, 0.4) is 0 Å². The lowest BCUT2D eigenvalue weighted by Gasteiger charge is -2.19. The summed E-state index contributed by atoms with van der Waals surface area (Å²) in [5.41, 5.74) is 9.45. The maximum absolute atomic E-state index is 9.99. The highest BCUT2D eigenvalue weighted by Crippen LogP contribution is 2.38. The van der Waals surface area contributed by atoms with Gasteiger partial charge in [-0.05, 0) is 120 Å². The summed E-state index contributed by atoms with van der Waals surface area (Å²) in [7, 11) is -4.08. The number of hydrogen-bond donors (Lipinski definition) is 9. The molecule has 0 bridgehead atoms. The average Bonchev–Trinajstić information content (AvgIpc) is 4.09. The van der Waals surface area contributed by atoms with Crippen LogP contribution in [0, 0.1) is 0 Å². The molecule has 0 fully saturated rings. The normalized spacial score (nSPS) is 19.2. The van der Waals surface area contributed by atoms with Crippen molar-refractivity contribution in [2.75, 3.05) is 33.0 Å². The standard InChI is InChI=1S/C13H18BClO4.C12H17BBrNO4.C12H16BBrO4.C12H16BClO4/c1-4-9-11-8(15)5-6-10(12(11)14(17)19-9)18-7-13(2,3)16;1-12(2,16)6-18-8-4-3-7(14)10-9(5-15)19-13(17)11(8)10;2*1-3-9-11-8(14)4-5-10(17-6-7(2)15)12(11)13(16)18-9/h5-6,9,16-17H,4,7H2,1-3H3;3-4,9,16-17H,5-6,15H2,1-2H3;2*4-5,7,9,15-16H,3,6H2,1-2H3. The zero-order valence-corrected chi connectivity index (χ0v) is 47.7. The molecule has 10 N–H and O–H groups in total. The summed E-state index contributed by atoms with van der Waals surface area (Å²) in [6.07, 6.45) is 0.194. The molecule has 0 saturated carbocycles. The smallest absolute Gasteiger partial charge is 0.491 e. The Bertz CT molecular complexity index is 2340. The predicted octanol–water partition coefficient (Wildman–Crippen LogP) is 4.62. The minimum Gasteiger partial charge on any atom is -0.491 e. The van der Waals surface area contributed by atoms with E-state index in [1.807, 2.05) is 32.9 Å². The maximum atomic E-state index is 9.99. The van der Waals surface area contributed by atoms with Gasteiger partial charge in [-0.3, -0.25) is 0 Å². The molecular weight excluding hydrogens is 1130 g/mol. The van der Waals surface area contributed by atoms with Gasteiger partial charge in [-0.2, -0.15) is 0 Å². The molecule has 4 aromatic carbocycles. The zero-order chi connectivity index (χ0) is 55.0. The number of aliphatic hydroxyl groups excluding tert-OH is 2. The Morgan fingerprint density at radius 3 is 1.12 bits per heavy atom. The van der Waals surface area contributed by atoms with Crippen LogP contribution in [-0.4, -0.2) is 125 Å². The van der Waals surface area contributed by atoms with E-state index in [0.717, 1.165) is 50.5 Å². The molecule has 0 radical (unpaired) electrons. The summed E-state index contributed by atoms with van der Waals surface area (Å²) >= 11 is 19.2. The van der Waals surface area contributed by atoms with Gasteiger partial charge in [0, 0.05) is 58.5 Å². The van der Waals surface area contributed by atoms with Crippen LogP contribution in [-0.2, 0) is 18.6 Å². The molecule has 8 rings (SSSR count). The van der Waals surface area contributed by atoms with Crippen molar-refractivity contribution in [1.29, 1.82) is 0 Å². The van der Waals surface area contributed by atoms with E-state index in [2.05, 4.69) is 31.9 Å². The predicted molar refractivity (Wildman–Crippen MR) is 295 cm³/mol. The van der Waals surface area contributed by atoms with E-state index >= 15 is 0 Å². The van der Waals surface area contributed by atoms with Gasteiger partial charge in [0.1, 0.15) is 49.4 Å². The summed E-state index contributed by atoms with van der Waals surface area (Å²) < 4.78 is 45.7. The highest BCUT2D eigenvalue weighted by Gasteiger charge is 2.42. The highest BCUT2D eigenvalue weighted by atomic mass is 79.9. The van der Waals surface area contributed by atoms with E-state index in [4.69, 9.17) is 66.5 Å². The van der Waals surface area contributed by atoms with Crippen molar-refractivity contribution in [3.8, 4) is 23.0 Å². The Morgan fingerprint density at radius 2 is 0.811 bits per heavy atom. The van der Waals surface area contributed by atoms with Gasteiger partial charge in [0.2, 0.25) is 0 Å². The monoisotopic (exact) mass is 1200 g/mol. The number of rotatable bonds is 16. The third kappa shape index (κ3) is 15.8. The molecule has 4 aliphatic rings. The fraction of sp³-hybridized carbons (Fsp3) is 0.510. The first-order valence-corrected chi connectivity index (χ1v) is 26.7. The van der Waals surface area contributed by atoms with Crippen molar-refractivity contribution >= 4 is 105 Å². The number of aliphatic hydroxyl groups is 4. The summed E-state index contributed by atoms with van der Waals surface area (Å²) in [4.78, 5) is 0. The molecule has 4 aliphatic heterocycles. The number of benzene rings is 4. The van der Waals surface area contributed by atoms with Crippen LogP contribution < -0.4 is 46.5 Å². The topological polar surface area (TPSA) is 262 Å². The van der Waals surface area contributed by atoms with Crippen LogP contribution in [0.1, 0.15) is 128 Å². The van der Waals surface area contributed by atoms with Crippen LogP contribution in [0.2, 0.25) is 10.0 Å². The molecule has 0 aromatic heterocycles. The average molecular weight is 1200 g/mol. The van der Waals surface area contributed by atoms with Crippen molar-refractivity contribution < 1.29 is 78.1 Å². The number of fused-ring (bicyclic) bond motifs is 4. The second-order valence-electron chi connectivity index (χ2n) is 19.4. The first-order valence-electron chi connectivity index (χ1n) is 24.4. The highest BCUT2D eigenvalue weighted by molar-refractivity contribution is 9.10.